The van der Waals surface area contributed by atoms with Crippen LogP contribution < -0.4 is 9.47 Å². The van der Waals surface area contributed by atoms with Crippen LogP contribution >= 0.6 is 11.8 Å². The van der Waals surface area contributed by atoms with E-state index in [1.165, 1.54) is 11.8 Å². The summed E-state index contributed by atoms with van der Waals surface area (Å²) in [6.45, 7) is 1.86. The Hall–Kier alpha value is -2.87. The van der Waals surface area contributed by atoms with Gasteiger partial charge in [-0.05, 0) is 36.6 Å². The van der Waals surface area contributed by atoms with E-state index in [0.717, 1.165) is 23.3 Å². The molecule has 170 valence electrons. The molecule has 2 amide bonds. The van der Waals surface area contributed by atoms with E-state index in [-0.39, 0.29) is 24.1 Å². The van der Waals surface area contributed by atoms with Crippen LogP contribution in [0.4, 0.5) is 4.79 Å². The maximum absolute atomic E-state index is 12.7. The van der Waals surface area contributed by atoms with Crippen LogP contribution in [0.2, 0.25) is 0 Å². The van der Waals surface area contributed by atoms with Gasteiger partial charge in [-0.15, -0.1) is 11.8 Å². The Kier molecular flexibility index (Phi) is 7.09. The number of carbonyl (C=O) groups is 2. The third kappa shape index (κ3) is 4.96. The highest BCUT2D eigenvalue weighted by molar-refractivity contribution is 8.00. The van der Waals surface area contributed by atoms with Crippen LogP contribution in [0, 0.1) is 0 Å². The van der Waals surface area contributed by atoms with Gasteiger partial charge in [0.25, 0.3) is 0 Å². The van der Waals surface area contributed by atoms with E-state index < -0.39 is 0 Å². The molecule has 0 saturated carbocycles. The van der Waals surface area contributed by atoms with Gasteiger partial charge in [-0.3, -0.25) is 4.79 Å². The van der Waals surface area contributed by atoms with Crippen LogP contribution in [0.3, 0.4) is 0 Å². The number of nitrogens with zero attached hydrogens (tertiary/aromatic N) is 2. The van der Waals surface area contributed by atoms with E-state index in [9.17, 15) is 9.59 Å². The minimum absolute atomic E-state index is 0.106. The molecule has 8 heteroatoms. The predicted octanol–water partition coefficient (Wildman–Crippen LogP) is 3.98. The molecule has 0 aliphatic carbocycles. The summed E-state index contributed by atoms with van der Waals surface area (Å²) in [7, 11) is 3.20. The fraction of sp³-hybridized carbons (Fsp3) is 0.417. The topological polar surface area (TPSA) is 68.3 Å². The highest BCUT2D eigenvalue weighted by Gasteiger charge is 2.38. The number of likely N-dealkylation sites (tertiary alicyclic amines) is 1. The predicted molar refractivity (Wildman–Crippen MR) is 122 cm³/mol. The number of methoxy groups -OCH3 is 2. The van der Waals surface area contributed by atoms with Gasteiger partial charge < -0.3 is 24.0 Å². The number of piperidine rings is 1. The molecule has 2 aromatic rings. The van der Waals surface area contributed by atoms with E-state index >= 15 is 0 Å². The molecule has 7 nitrogen and oxygen atoms in total. The summed E-state index contributed by atoms with van der Waals surface area (Å²) < 4.78 is 16.2. The van der Waals surface area contributed by atoms with E-state index in [2.05, 4.69) is 0 Å². The quantitative estimate of drug-likeness (QED) is 0.587. The molecule has 0 radical (unpaired) electrons. The lowest BCUT2D eigenvalue weighted by atomic mass is 10.0. The highest BCUT2D eigenvalue weighted by atomic mass is 32.2. The fourth-order valence-electron chi connectivity index (χ4n) is 4.19. The van der Waals surface area contributed by atoms with Crippen molar-refractivity contribution < 1.29 is 23.8 Å². The van der Waals surface area contributed by atoms with Crippen LogP contribution in [0.15, 0.2) is 53.4 Å². The van der Waals surface area contributed by atoms with Gasteiger partial charge in [-0.1, -0.05) is 30.3 Å². The summed E-state index contributed by atoms with van der Waals surface area (Å²) >= 11 is 1.48. The maximum Gasteiger partial charge on any atom is 0.410 e. The zero-order chi connectivity index (χ0) is 22.5. The molecule has 0 bridgehead atoms. The Bertz CT molecular complexity index is 947. The summed E-state index contributed by atoms with van der Waals surface area (Å²) in [6.07, 6.45) is 1.06. The van der Waals surface area contributed by atoms with Crippen molar-refractivity contribution in [2.45, 2.75) is 29.9 Å². The average Bonchev–Trinajstić information content (AvgIpc) is 3.24. The third-order valence-corrected chi connectivity index (χ3v) is 6.97. The molecule has 2 saturated heterocycles. The first-order valence-electron chi connectivity index (χ1n) is 10.7. The smallest absolute Gasteiger partial charge is 0.410 e. The zero-order valence-corrected chi connectivity index (χ0v) is 19.2. The second-order valence-electron chi connectivity index (χ2n) is 7.85. The van der Waals surface area contributed by atoms with Gasteiger partial charge in [-0.2, -0.15) is 0 Å². The Balaban J connectivity index is 1.26. The number of cyclic esters (lactones) is 1. The van der Waals surface area contributed by atoms with Gasteiger partial charge >= 0.3 is 6.09 Å². The normalized spacial score (nSPS) is 19.1. The molecule has 4 rings (SSSR count). The molecule has 2 aliphatic heterocycles. The van der Waals surface area contributed by atoms with E-state index in [0.29, 0.717) is 36.9 Å². The van der Waals surface area contributed by atoms with Crippen LogP contribution in [-0.4, -0.2) is 67.4 Å². The minimum Gasteiger partial charge on any atom is -0.493 e. The van der Waals surface area contributed by atoms with Gasteiger partial charge in [0.15, 0.2) is 11.5 Å². The first-order chi connectivity index (χ1) is 15.6. The Morgan fingerprint density at radius 1 is 1.06 bits per heavy atom. The average molecular weight is 457 g/mol. The molecule has 32 heavy (non-hydrogen) atoms. The standard InChI is InChI=1S/C24H28N2O5S/c1-29-20-9-8-19(14-21(20)30-2)32-16-23(27)25-12-10-18(11-13-25)26-15-22(31-24(26)28)17-6-4-3-5-7-17/h3-9,14,18,22H,10-13,15-16H2,1-2H3. The molecule has 0 spiro atoms. The minimum atomic E-state index is -0.257. The number of rotatable bonds is 7. The molecule has 2 heterocycles. The monoisotopic (exact) mass is 456 g/mol. The largest absolute Gasteiger partial charge is 0.493 e. The molecular weight excluding hydrogens is 428 g/mol. The zero-order valence-electron chi connectivity index (χ0n) is 18.4. The lowest BCUT2D eigenvalue weighted by molar-refractivity contribution is -0.129. The fourth-order valence-corrected chi connectivity index (χ4v) is 5.02. The Morgan fingerprint density at radius 2 is 1.78 bits per heavy atom. The number of hydrogen-bond acceptors (Lipinski definition) is 6. The van der Waals surface area contributed by atoms with Crippen molar-refractivity contribution in [3.63, 3.8) is 0 Å². The summed E-state index contributed by atoms with van der Waals surface area (Å²) in [5.74, 6) is 1.79. The number of benzene rings is 2. The number of thioether (sulfide) groups is 1. The summed E-state index contributed by atoms with van der Waals surface area (Å²) in [5, 5.41) is 0. The van der Waals surface area contributed by atoms with E-state index in [1.807, 2.05) is 58.3 Å². The summed E-state index contributed by atoms with van der Waals surface area (Å²) in [4.78, 5) is 29.8. The van der Waals surface area contributed by atoms with Crippen LogP contribution in [0.5, 0.6) is 11.5 Å². The molecule has 2 aliphatic rings. The van der Waals surface area contributed by atoms with Crippen molar-refractivity contribution in [1.82, 2.24) is 9.80 Å². The van der Waals surface area contributed by atoms with Crippen LogP contribution in [-0.2, 0) is 9.53 Å². The van der Waals surface area contributed by atoms with Crippen molar-refractivity contribution in [1.29, 1.82) is 0 Å². The van der Waals surface area contributed by atoms with Crippen LogP contribution in [0.25, 0.3) is 0 Å². The van der Waals surface area contributed by atoms with Crippen molar-refractivity contribution in [2.75, 3.05) is 39.6 Å². The third-order valence-electron chi connectivity index (χ3n) is 5.99. The van der Waals surface area contributed by atoms with Gasteiger partial charge in [-0.25, -0.2) is 4.79 Å². The number of amides is 2. The Labute approximate surface area is 192 Å². The number of carbonyl (C=O) groups excluding carboxylic acids is 2. The molecule has 0 aromatic heterocycles. The number of ether oxygens (including phenoxy) is 3. The van der Waals surface area contributed by atoms with Crippen LogP contribution in [0.1, 0.15) is 24.5 Å². The molecular formula is C24H28N2O5S. The first kappa shape index (κ1) is 22.3. The molecule has 2 aromatic carbocycles. The maximum atomic E-state index is 12.7. The van der Waals surface area contributed by atoms with Gasteiger partial charge in [0.05, 0.1) is 26.5 Å². The Morgan fingerprint density at radius 3 is 2.47 bits per heavy atom. The second kappa shape index (κ2) is 10.2. The lowest BCUT2D eigenvalue weighted by Gasteiger charge is -2.35. The van der Waals surface area contributed by atoms with Gasteiger partial charge in [0, 0.05) is 24.0 Å². The van der Waals surface area contributed by atoms with E-state index in [1.54, 1.807) is 14.2 Å². The molecule has 1 unspecified atom stereocenters. The van der Waals surface area contributed by atoms with Crippen molar-refractivity contribution in [2.24, 2.45) is 0 Å². The second-order valence-corrected chi connectivity index (χ2v) is 8.90. The first-order valence-corrected chi connectivity index (χ1v) is 11.7. The van der Waals surface area contributed by atoms with Gasteiger partial charge in [0.1, 0.15) is 6.10 Å². The lowest BCUT2D eigenvalue weighted by Crippen LogP contribution is -2.47. The highest BCUT2D eigenvalue weighted by Crippen LogP contribution is 2.33. The SMILES string of the molecule is COc1ccc(SCC(=O)N2CCC(N3CC(c4ccccc4)OC3=O)CC2)cc1OC. The van der Waals surface area contributed by atoms with Crippen molar-refractivity contribution >= 4 is 23.8 Å². The summed E-state index contributed by atoms with van der Waals surface area (Å²) in [6, 6.07) is 15.6. The molecule has 1 atom stereocenters. The summed E-state index contributed by atoms with van der Waals surface area (Å²) in [5.41, 5.74) is 1.02. The number of hydrogen-bond donors (Lipinski definition) is 0. The van der Waals surface area contributed by atoms with Crippen molar-refractivity contribution in [3.05, 3.63) is 54.1 Å². The molecule has 2 fully saturated rings. The molecule has 0 N–H and O–H groups in total. The van der Waals surface area contributed by atoms with E-state index in [4.69, 9.17) is 14.2 Å². The van der Waals surface area contributed by atoms with Crippen molar-refractivity contribution in [3.8, 4) is 11.5 Å². The van der Waals surface area contributed by atoms with Gasteiger partial charge in [0.2, 0.25) is 5.91 Å².